The van der Waals surface area contributed by atoms with E-state index in [0.717, 1.165) is 0 Å². The summed E-state index contributed by atoms with van der Waals surface area (Å²) in [4.78, 5) is 14.2. The molecule has 1 saturated heterocycles. The average Bonchev–Trinajstić information content (AvgIpc) is 2.38. The largest absolute Gasteiger partial charge is 0.391 e. The highest BCUT2D eigenvalue weighted by Gasteiger charge is 2.27. The summed E-state index contributed by atoms with van der Waals surface area (Å²) >= 11 is 6.83. The molecule has 1 aliphatic heterocycles. The number of carbonyl (C=O) groups excluding carboxylic acids is 1. The Morgan fingerprint density at radius 1 is 1.58 bits per heavy atom. The minimum absolute atomic E-state index is 0.158. The van der Waals surface area contributed by atoms with Crippen molar-refractivity contribution in [2.75, 3.05) is 19.7 Å². The smallest absolute Gasteiger partial charge is 0.255 e. The summed E-state index contributed by atoms with van der Waals surface area (Å²) in [5.74, 6) is -0.516. The van der Waals surface area contributed by atoms with Crippen LogP contribution in [0, 0.1) is 9.39 Å². The standard InChI is InChI=1S/C12H12FIN2O2S/c13-7-1-2-8(9(14)5-7)12(17)16-3-4-18-10(6-16)11(15)19/h1-2,5,10H,3-4,6H2,(H2,15,19). The number of amides is 1. The number of thiocarbonyl (C=S) groups is 1. The van der Waals surface area contributed by atoms with Gasteiger partial charge in [-0.05, 0) is 40.8 Å². The van der Waals surface area contributed by atoms with Gasteiger partial charge in [0.25, 0.3) is 5.91 Å². The monoisotopic (exact) mass is 394 g/mol. The molecular weight excluding hydrogens is 382 g/mol. The van der Waals surface area contributed by atoms with E-state index < -0.39 is 6.10 Å². The van der Waals surface area contributed by atoms with Gasteiger partial charge >= 0.3 is 0 Å². The van der Waals surface area contributed by atoms with Crippen LogP contribution < -0.4 is 5.73 Å². The van der Waals surface area contributed by atoms with E-state index in [-0.39, 0.29) is 16.7 Å². The quantitative estimate of drug-likeness (QED) is 0.611. The van der Waals surface area contributed by atoms with Crippen LogP contribution in [0.2, 0.25) is 0 Å². The van der Waals surface area contributed by atoms with Gasteiger partial charge in [0.05, 0.1) is 18.7 Å². The Bertz CT molecular complexity index is 526. The van der Waals surface area contributed by atoms with Crippen molar-refractivity contribution in [2.24, 2.45) is 5.73 Å². The number of ether oxygens (including phenoxy) is 1. The van der Waals surface area contributed by atoms with Gasteiger partial charge in [-0.15, -0.1) is 0 Å². The van der Waals surface area contributed by atoms with Crippen molar-refractivity contribution in [3.05, 3.63) is 33.1 Å². The van der Waals surface area contributed by atoms with Gasteiger partial charge in [-0.3, -0.25) is 4.79 Å². The lowest BCUT2D eigenvalue weighted by Crippen LogP contribution is -2.50. The summed E-state index contributed by atoms with van der Waals surface area (Å²) in [6.45, 7) is 1.21. The maximum Gasteiger partial charge on any atom is 0.255 e. The third kappa shape index (κ3) is 3.40. The molecule has 0 spiro atoms. The number of halogens is 2. The van der Waals surface area contributed by atoms with Crippen molar-refractivity contribution < 1.29 is 13.9 Å². The lowest BCUT2D eigenvalue weighted by Gasteiger charge is -2.32. The average molecular weight is 394 g/mol. The van der Waals surface area contributed by atoms with E-state index in [4.69, 9.17) is 22.7 Å². The number of carbonyl (C=O) groups is 1. The lowest BCUT2D eigenvalue weighted by molar-refractivity contribution is 0.00873. The molecule has 0 saturated carbocycles. The molecule has 1 aliphatic rings. The van der Waals surface area contributed by atoms with E-state index in [1.54, 1.807) is 4.90 Å². The number of morpholine rings is 1. The van der Waals surface area contributed by atoms with E-state index >= 15 is 0 Å². The summed E-state index contributed by atoms with van der Waals surface area (Å²) in [7, 11) is 0. The highest BCUT2D eigenvalue weighted by atomic mass is 127. The molecule has 0 aliphatic carbocycles. The van der Waals surface area contributed by atoms with Gasteiger partial charge in [0.1, 0.15) is 16.9 Å². The first-order chi connectivity index (χ1) is 8.99. The summed E-state index contributed by atoms with van der Waals surface area (Å²) in [6, 6.07) is 4.10. The second kappa shape index (κ2) is 6.10. The van der Waals surface area contributed by atoms with Gasteiger partial charge in [0.2, 0.25) is 0 Å². The molecule has 19 heavy (non-hydrogen) atoms. The van der Waals surface area contributed by atoms with Crippen LogP contribution in [0.4, 0.5) is 4.39 Å². The zero-order valence-electron chi connectivity index (χ0n) is 9.94. The van der Waals surface area contributed by atoms with Crippen molar-refractivity contribution in [1.29, 1.82) is 0 Å². The molecule has 4 nitrogen and oxygen atoms in total. The first-order valence-electron chi connectivity index (χ1n) is 5.64. The zero-order chi connectivity index (χ0) is 14.0. The Labute approximate surface area is 129 Å². The van der Waals surface area contributed by atoms with Crippen LogP contribution in [0.25, 0.3) is 0 Å². The van der Waals surface area contributed by atoms with E-state index in [9.17, 15) is 9.18 Å². The van der Waals surface area contributed by atoms with Crippen molar-refractivity contribution in [2.45, 2.75) is 6.10 Å². The molecule has 102 valence electrons. The highest BCUT2D eigenvalue weighted by Crippen LogP contribution is 2.17. The lowest BCUT2D eigenvalue weighted by atomic mass is 10.1. The van der Waals surface area contributed by atoms with Crippen molar-refractivity contribution >= 4 is 45.7 Å². The Hall–Kier alpha value is -0.800. The number of nitrogens with zero attached hydrogens (tertiary/aromatic N) is 1. The highest BCUT2D eigenvalue weighted by molar-refractivity contribution is 14.1. The van der Waals surface area contributed by atoms with Crippen LogP contribution in [0.5, 0.6) is 0 Å². The van der Waals surface area contributed by atoms with Crippen LogP contribution in [-0.4, -0.2) is 41.6 Å². The van der Waals surface area contributed by atoms with E-state index in [1.807, 2.05) is 22.6 Å². The number of benzene rings is 1. The van der Waals surface area contributed by atoms with Gasteiger partial charge in [0.15, 0.2) is 0 Å². The van der Waals surface area contributed by atoms with Gasteiger partial charge in [-0.1, -0.05) is 12.2 Å². The maximum absolute atomic E-state index is 13.0. The number of hydrogen-bond acceptors (Lipinski definition) is 3. The summed E-state index contributed by atoms with van der Waals surface area (Å²) in [6.07, 6.45) is -0.411. The first-order valence-corrected chi connectivity index (χ1v) is 7.13. The predicted octanol–water partition coefficient (Wildman–Crippen LogP) is 1.56. The normalized spacial score (nSPS) is 19.3. The number of rotatable bonds is 2. The molecule has 0 aromatic heterocycles. The molecule has 1 amide bonds. The summed E-state index contributed by atoms with van der Waals surface area (Å²) in [5.41, 5.74) is 6.01. The Kier molecular flexibility index (Phi) is 4.69. The molecule has 1 aromatic rings. The van der Waals surface area contributed by atoms with Crippen molar-refractivity contribution in [3.63, 3.8) is 0 Å². The fourth-order valence-corrected chi connectivity index (χ4v) is 2.69. The predicted molar refractivity (Wildman–Crippen MR) is 81.5 cm³/mol. The molecule has 2 rings (SSSR count). The van der Waals surface area contributed by atoms with Gasteiger partial charge in [0, 0.05) is 10.1 Å². The molecule has 1 fully saturated rings. The topological polar surface area (TPSA) is 55.6 Å². The molecule has 0 bridgehead atoms. The van der Waals surface area contributed by atoms with Gasteiger partial charge in [-0.2, -0.15) is 0 Å². The minimum Gasteiger partial charge on any atom is -0.391 e. The Morgan fingerprint density at radius 2 is 2.32 bits per heavy atom. The van der Waals surface area contributed by atoms with Crippen molar-refractivity contribution in [3.8, 4) is 0 Å². The van der Waals surface area contributed by atoms with Gasteiger partial charge in [-0.25, -0.2) is 4.39 Å². The molecule has 1 atom stereocenters. The third-order valence-corrected chi connectivity index (χ3v) is 3.99. The van der Waals surface area contributed by atoms with Crippen molar-refractivity contribution in [1.82, 2.24) is 4.90 Å². The number of hydrogen-bond donors (Lipinski definition) is 1. The second-order valence-corrected chi connectivity index (χ2v) is 5.77. The Morgan fingerprint density at radius 3 is 2.95 bits per heavy atom. The summed E-state index contributed by atoms with van der Waals surface area (Å²) in [5, 5.41) is 0. The molecule has 1 aromatic carbocycles. The zero-order valence-corrected chi connectivity index (χ0v) is 12.9. The Balaban J connectivity index is 2.17. The van der Waals surface area contributed by atoms with Crippen LogP contribution in [0.15, 0.2) is 18.2 Å². The molecule has 1 unspecified atom stereocenters. The summed E-state index contributed by atoms with van der Waals surface area (Å²) < 4.78 is 19.0. The fourth-order valence-electron chi connectivity index (χ4n) is 1.84. The molecule has 1 heterocycles. The van der Waals surface area contributed by atoms with Crippen LogP contribution >= 0.6 is 34.8 Å². The van der Waals surface area contributed by atoms with Crippen LogP contribution in [0.1, 0.15) is 10.4 Å². The van der Waals surface area contributed by atoms with E-state index in [2.05, 4.69) is 0 Å². The fraction of sp³-hybridized carbons (Fsp3) is 0.333. The number of nitrogens with two attached hydrogens (primary N) is 1. The van der Waals surface area contributed by atoms with E-state index in [0.29, 0.717) is 28.8 Å². The molecule has 0 radical (unpaired) electrons. The van der Waals surface area contributed by atoms with E-state index in [1.165, 1.54) is 18.2 Å². The van der Waals surface area contributed by atoms with Crippen LogP contribution in [0.3, 0.4) is 0 Å². The first kappa shape index (κ1) is 14.6. The molecular formula is C12H12FIN2O2S. The minimum atomic E-state index is -0.411. The third-order valence-electron chi connectivity index (χ3n) is 2.83. The SMILES string of the molecule is NC(=S)C1CN(C(=O)c2ccc(F)cc2I)CCO1. The van der Waals surface area contributed by atoms with Gasteiger partial charge < -0.3 is 15.4 Å². The molecule has 2 N–H and O–H groups in total. The molecule has 7 heteroatoms. The van der Waals surface area contributed by atoms with Crippen LogP contribution in [-0.2, 0) is 4.74 Å². The maximum atomic E-state index is 13.0. The second-order valence-electron chi connectivity index (χ2n) is 4.14.